The van der Waals surface area contributed by atoms with Gasteiger partial charge in [0.2, 0.25) is 0 Å². The predicted molar refractivity (Wildman–Crippen MR) is 77.5 cm³/mol. The van der Waals surface area contributed by atoms with Crippen LogP contribution < -0.4 is 5.32 Å². The third-order valence-corrected chi connectivity index (χ3v) is 3.83. The largest absolute Gasteiger partial charge is 0.480 e. The first-order valence-electron chi connectivity index (χ1n) is 6.19. The molecule has 2 N–H and O–H groups in total. The van der Waals surface area contributed by atoms with Crippen LogP contribution in [-0.4, -0.2) is 17.1 Å². The number of hydrogen-bond acceptors (Lipinski definition) is 3. The Morgan fingerprint density at radius 2 is 2.05 bits per heavy atom. The van der Waals surface area contributed by atoms with E-state index < -0.39 is 12.0 Å². The molecule has 0 radical (unpaired) electrons. The number of carboxylic acids is 1. The van der Waals surface area contributed by atoms with Crippen LogP contribution in [0.15, 0.2) is 41.8 Å². The summed E-state index contributed by atoms with van der Waals surface area (Å²) in [5.74, 6) is -0.809. The van der Waals surface area contributed by atoms with E-state index in [1.165, 1.54) is 4.88 Å². The van der Waals surface area contributed by atoms with E-state index in [2.05, 4.69) is 16.8 Å². The SMILES string of the molecule is Cc1cc(CN[C@H](Cc2ccccc2)C(=O)O)cs1. The van der Waals surface area contributed by atoms with Gasteiger partial charge in [0.05, 0.1) is 0 Å². The highest BCUT2D eigenvalue weighted by Crippen LogP contribution is 2.13. The van der Waals surface area contributed by atoms with Crippen molar-refractivity contribution in [1.29, 1.82) is 0 Å². The van der Waals surface area contributed by atoms with Gasteiger partial charge in [0.1, 0.15) is 6.04 Å². The number of thiophene rings is 1. The topological polar surface area (TPSA) is 49.3 Å². The summed E-state index contributed by atoms with van der Waals surface area (Å²) < 4.78 is 0. The third kappa shape index (κ3) is 4.19. The molecule has 2 rings (SSSR count). The summed E-state index contributed by atoms with van der Waals surface area (Å²) in [6.45, 7) is 2.64. The summed E-state index contributed by atoms with van der Waals surface area (Å²) in [5.41, 5.74) is 2.17. The Bertz CT molecular complexity index is 536. The third-order valence-electron chi connectivity index (χ3n) is 2.92. The Morgan fingerprint density at radius 3 is 2.63 bits per heavy atom. The van der Waals surface area contributed by atoms with Gasteiger partial charge in [-0.05, 0) is 35.9 Å². The second-order valence-corrected chi connectivity index (χ2v) is 5.64. The highest BCUT2D eigenvalue weighted by atomic mass is 32.1. The first-order chi connectivity index (χ1) is 9.15. The highest BCUT2D eigenvalue weighted by Gasteiger charge is 2.17. The molecule has 2 aromatic rings. The zero-order valence-corrected chi connectivity index (χ0v) is 11.6. The fourth-order valence-corrected chi connectivity index (χ4v) is 2.64. The quantitative estimate of drug-likeness (QED) is 0.852. The van der Waals surface area contributed by atoms with Crippen LogP contribution in [0.1, 0.15) is 16.0 Å². The van der Waals surface area contributed by atoms with Gasteiger partial charge in [-0.25, -0.2) is 0 Å². The van der Waals surface area contributed by atoms with E-state index in [4.69, 9.17) is 0 Å². The molecule has 0 spiro atoms. The highest BCUT2D eigenvalue weighted by molar-refractivity contribution is 7.10. The van der Waals surface area contributed by atoms with Crippen LogP contribution in [0, 0.1) is 6.92 Å². The van der Waals surface area contributed by atoms with Gasteiger partial charge in [-0.3, -0.25) is 10.1 Å². The van der Waals surface area contributed by atoms with Crippen LogP contribution in [0.4, 0.5) is 0 Å². The average Bonchev–Trinajstić information content (AvgIpc) is 2.81. The first kappa shape index (κ1) is 13.8. The lowest BCUT2D eigenvalue weighted by Gasteiger charge is -2.14. The van der Waals surface area contributed by atoms with Gasteiger partial charge in [-0.1, -0.05) is 30.3 Å². The number of rotatable bonds is 6. The molecule has 0 amide bonds. The zero-order chi connectivity index (χ0) is 13.7. The molecule has 19 heavy (non-hydrogen) atoms. The van der Waals surface area contributed by atoms with Crippen molar-refractivity contribution in [2.75, 3.05) is 0 Å². The molecular weight excluding hydrogens is 258 g/mol. The Labute approximate surface area is 116 Å². The van der Waals surface area contributed by atoms with Crippen LogP contribution in [-0.2, 0) is 17.8 Å². The molecule has 0 aliphatic heterocycles. The minimum absolute atomic E-state index is 0.499. The lowest BCUT2D eigenvalue weighted by Crippen LogP contribution is -2.37. The number of hydrogen-bond donors (Lipinski definition) is 2. The second-order valence-electron chi connectivity index (χ2n) is 4.53. The van der Waals surface area contributed by atoms with Crippen LogP contribution in [0.5, 0.6) is 0 Å². The van der Waals surface area contributed by atoms with Crippen LogP contribution in [0.3, 0.4) is 0 Å². The molecule has 0 fully saturated rings. The lowest BCUT2D eigenvalue weighted by molar-refractivity contribution is -0.139. The maximum Gasteiger partial charge on any atom is 0.321 e. The van der Waals surface area contributed by atoms with Crippen molar-refractivity contribution in [1.82, 2.24) is 5.32 Å². The minimum Gasteiger partial charge on any atom is -0.480 e. The van der Waals surface area contributed by atoms with Gasteiger partial charge in [-0.15, -0.1) is 11.3 Å². The molecule has 0 saturated carbocycles. The first-order valence-corrected chi connectivity index (χ1v) is 7.07. The van der Waals surface area contributed by atoms with Crippen LogP contribution >= 0.6 is 11.3 Å². The molecule has 3 nitrogen and oxygen atoms in total. The maximum absolute atomic E-state index is 11.3. The van der Waals surface area contributed by atoms with Gasteiger partial charge in [0.15, 0.2) is 0 Å². The molecule has 0 aliphatic rings. The number of aliphatic carboxylic acids is 1. The van der Waals surface area contributed by atoms with Crippen molar-refractivity contribution in [3.05, 3.63) is 57.8 Å². The zero-order valence-electron chi connectivity index (χ0n) is 10.8. The van der Waals surface area contributed by atoms with Crippen molar-refractivity contribution in [3.8, 4) is 0 Å². The van der Waals surface area contributed by atoms with Gasteiger partial charge < -0.3 is 5.11 Å². The molecule has 1 heterocycles. The van der Waals surface area contributed by atoms with E-state index in [0.717, 1.165) is 11.1 Å². The Hall–Kier alpha value is -1.65. The van der Waals surface area contributed by atoms with E-state index in [9.17, 15) is 9.90 Å². The smallest absolute Gasteiger partial charge is 0.321 e. The van der Waals surface area contributed by atoms with E-state index in [1.54, 1.807) is 11.3 Å². The number of nitrogens with one attached hydrogen (secondary N) is 1. The Kier molecular flexibility index (Phi) is 4.71. The molecule has 0 bridgehead atoms. The van der Waals surface area contributed by atoms with Crippen molar-refractivity contribution < 1.29 is 9.90 Å². The summed E-state index contributed by atoms with van der Waals surface area (Å²) in [6, 6.07) is 11.2. The summed E-state index contributed by atoms with van der Waals surface area (Å²) in [6.07, 6.45) is 0.499. The van der Waals surface area contributed by atoms with E-state index in [-0.39, 0.29) is 0 Å². The predicted octanol–water partition coefficient (Wildman–Crippen LogP) is 2.84. The molecule has 1 aromatic heterocycles. The van der Waals surface area contributed by atoms with Gasteiger partial charge in [0.25, 0.3) is 0 Å². The summed E-state index contributed by atoms with van der Waals surface area (Å²) in [4.78, 5) is 12.5. The number of carbonyl (C=O) groups is 1. The summed E-state index contributed by atoms with van der Waals surface area (Å²) in [7, 11) is 0. The second kappa shape index (κ2) is 6.50. The maximum atomic E-state index is 11.3. The minimum atomic E-state index is -0.809. The molecule has 100 valence electrons. The molecular formula is C15H17NO2S. The van der Waals surface area contributed by atoms with Gasteiger partial charge >= 0.3 is 5.97 Å². The van der Waals surface area contributed by atoms with Gasteiger partial charge in [0, 0.05) is 11.4 Å². The fourth-order valence-electron chi connectivity index (χ4n) is 1.93. The molecule has 1 aromatic carbocycles. The molecule has 4 heteroatoms. The lowest BCUT2D eigenvalue weighted by atomic mass is 10.1. The van der Waals surface area contributed by atoms with Crippen LogP contribution in [0.25, 0.3) is 0 Å². The molecule has 1 atom stereocenters. The molecule has 0 aliphatic carbocycles. The Morgan fingerprint density at radius 1 is 1.32 bits per heavy atom. The standard InChI is InChI=1S/C15H17NO2S/c1-11-7-13(10-19-11)9-16-14(15(17)18)8-12-5-3-2-4-6-12/h2-7,10,14,16H,8-9H2,1H3,(H,17,18)/t14-/m1/s1. The van der Waals surface area contributed by atoms with Crippen LogP contribution in [0.2, 0.25) is 0 Å². The van der Waals surface area contributed by atoms with Gasteiger partial charge in [-0.2, -0.15) is 0 Å². The summed E-state index contributed by atoms with van der Waals surface area (Å²) in [5, 5.41) is 14.4. The van der Waals surface area contributed by atoms with Crippen molar-refractivity contribution in [3.63, 3.8) is 0 Å². The Balaban J connectivity index is 1.95. The normalized spacial score (nSPS) is 12.3. The van der Waals surface area contributed by atoms with E-state index in [1.807, 2.05) is 37.3 Å². The van der Waals surface area contributed by atoms with Crippen molar-refractivity contribution in [2.24, 2.45) is 0 Å². The fraction of sp³-hybridized carbons (Fsp3) is 0.267. The number of benzene rings is 1. The average molecular weight is 275 g/mol. The molecule has 0 saturated heterocycles. The van der Waals surface area contributed by atoms with E-state index in [0.29, 0.717) is 13.0 Å². The monoisotopic (exact) mass is 275 g/mol. The molecule has 0 unspecified atom stereocenters. The van der Waals surface area contributed by atoms with Crippen molar-refractivity contribution in [2.45, 2.75) is 25.9 Å². The number of carboxylic acid groups (broad SMARTS) is 1. The number of aryl methyl sites for hydroxylation is 1. The van der Waals surface area contributed by atoms with E-state index >= 15 is 0 Å². The summed E-state index contributed by atoms with van der Waals surface area (Å²) >= 11 is 1.68. The van der Waals surface area contributed by atoms with Crippen molar-refractivity contribution >= 4 is 17.3 Å².